The largest absolute Gasteiger partial charge is 0.497 e. The van der Waals surface area contributed by atoms with Crippen molar-refractivity contribution >= 4 is 16.9 Å². The number of nitrogens with zero attached hydrogens (tertiary/aromatic N) is 1. The van der Waals surface area contributed by atoms with Crippen molar-refractivity contribution in [1.82, 2.24) is 4.98 Å². The van der Waals surface area contributed by atoms with Gasteiger partial charge in [0.2, 0.25) is 0 Å². The minimum atomic E-state index is -0.989. The van der Waals surface area contributed by atoms with Gasteiger partial charge in [-0.2, -0.15) is 0 Å². The number of fused-ring (bicyclic) bond motifs is 1. The molecule has 0 amide bonds. The van der Waals surface area contributed by atoms with Gasteiger partial charge >= 0.3 is 5.97 Å². The Balaban J connectivity index is 2.75. The number of hydrogen-bond donors (Lipinski definition) is 2. The predicted octanol–water partition coefficient (Wildman–Crippen LogP) is 1.40. The molecule has 0 fully saturated rings. The maximum absolute atomic E-state index is 11.1. The van der Waals surface area contributed by atoms with Gasteiger partial charge in [-0.3, -0.25) is 4.98 Å². The molecule has 1 aromatic carbocycles. The zero-order valence-corrected chi connectivity index (χ0v) is 9.30. The molecule has 0 saturated carbocycles. The van der Waals surface area contributed by atoms with E-state index in [0.717, 1.165) is 0 Å². The Hall–Kier alpha value is -2.14. The van der Waals surface area contributed by atoms with Gasteiger partial charge in [0.15, 0.2) is 0 Å². The monoisotopic (exact) mass is 232 g/mol. The molecule has 2 rings (SSSR count). The Morgan fingerprint density at radius 3 is 2.82 bits per heavy atom. The predicted molar refractivity (Wildman–Crippen MR) is 63.1 cm³/mol. The molecule has 0 atom stereocenters. The van der Waals surface area contributed by atoms with Crippen molar-refractivity contribution in [3.63, 3.8) is 0 Å². The molecule has 0 aliphatic carbocycles. The quantitative estimate of drug-likeness (QED) is 0.835. The van der Waals surface area contributed by atoms with Crippen LogP contribution in [0.1, 0.15) is 16.1 Å². The van der Waals surface area contributed by atoms with E-state index in [-0.39, 0.29) is 12.1 Å². The van der Waals surface area contributed by atoms with E-state index >= 15 is 0 Å². The van der Waals surface area contributed by atoms with Gasteiger partial charge in [-0.15, -0.1) is 0 Å². The van der Waals surface area contributed by atoms with Crippen LogP contribution < -0.4 is 10.5 Å². The number of benzene rings is 1. The number of aromatic nitrogens is 1. The number of ether oxygens (including phenoxy) is 1. The molecule has 0 unspecified atom stereocenters. The van der Waals surface area contributed by atoms with Gasteiger partial charge in [-0.25, -0.2) is 4.79 Å². The van der Waals surface area contributed by atoms with E-state index in [1.807, 2.05) is 0 Å². The number of methoxy groups -OCH3 is 1. The molecular weight excluding hydrogens is 220 g/mol. The molecule has 88 valence electrons. The van der Waals surface area contributed by atoms with Crippen LogP contribution in [0.4, 0.5) is 0 Å². The lowest BCUT2D eigenvalue weighted by Gasteiger charge is -2.07. The van der Waals surface area contributed by atoms with Gasteiger partial charge in [0.05, 0.1) is 23.9 Å². The first-order valence-electron chi connectivity index (χ1n) is 5.06. The van der Waals surface area contributed by atoms with Crippen LogP contribution in [0.5, 0.6) is 5.75 Å². The van der Waals surface area contributed by atoms with Crippen LogP contribution in [0.2, 0.25) is 0 Å². The lowest BCUT2D eigenvalue weighted by Crippen LogP contribution is -2.05. The van der Waals surface area contributed by atoms with Gasteiger partial charge < -0.3 is 15.6 Å². The summed E-state index contributed by atoms with van der Waals surface area (Å²) in [6.45, 7) is 0.202. The topological polar surface area (TPSA) is 85.4 Å². The SMILES string of the molecule is COc1ccc2c(C(=O)O)cc(CN)nc2c1. The molecule has 5 nitrogen and oxygen atoms in total. The van der Waals surface area contributed by atoms with Crippen LogP contribution in [0.15, 0.2) is 24.3 Å². The van der Waals surface area contributed by atoms with Crippen molar-refractivity contribution in [3.8, 4) is 5.75 Å². The molecule has 2 aromatic rings. The molecular formula is C12H12N2O3. The van der Waals surface area contributed by atoms with Gasteiger partial charge in [0.25, 0.3) is 0 Å². The summed E-state index contributed by atoms with van der Waals surface area (Å²) in [6, 6.07) is 6.58. The smallest absolute Gasteiger partial charge is 0.336 e. The fraction of sp³-hybridized carbons (Fsp3) is 0.167. The maximum Gasteiger partial charge on any atom is 0.336 e. The van der Waals surface area contributed by atoms with E-state index in [1.165, 1.54) is 6.07 Å². The number of nitrogens with two attached hydrogens (primary N) is 1. The number of pyridine rings is 1. The number of carboxylic acid groups (broad SMARTS) is 1. The first kappa shape index (κ1) is 11.3. The third-order valence-electron chi connectivity index (χ3n) is 2.51. The van der Waals surface area contributed by atoms with Gasteiger partial charge in [-0.1, -0.05) is 0 Å². The number of rotatable bonds is 3. The second-order valence-electron chi connectivity index (χ2n) is 3.55. The van der Waals surface area contributed by atoms with Crippen molar-refractivity contribution in [1.29, 1.82) is 0 Å². The van der Waals surface area contributed by atoms with E-state index in [4.69, 9.17) is 15.6 Å². The van der Waals surface area contributed by atoms with Crippen molar-refractivity contribution in [2.24, 2.45) is 5.73 Å². The van der Waals surface area contributed by atoms with E-state index < -0.39 is 5.97 Å². The highest BCUT2D eigenvalue weighted by molar-refractivity contribution is 6.02. The van der Waals surface area contributed by atoms with E-state index in [1.54, 1.807) is 25.3 Å². The molecule has 0 radical (unpaired) electrons. The van der Waals surface area contributed by atoms with E-state index in [2.05, 4.69) is 4.98 Å². The average molecular weight is 232 g/mol. The normalized spacial score (nSPS) is 10.5. The number of aromatic carboxylic acids is 1. The zero-order chi connectivity index (χ0) is 12.4. The Morgan fingerprint density at radius 2 is 2.24 bits per heavy atom. The van der Waals surface area contributed by atoms with Gasteiger partial charge in [0, 0.05) is 18.0 Å². The third-order valence-corrected chi connectivity index (χ3v) is 2.51. The van der Waals surface area contributed by atoms with Crippen LogP contribution in [0, 0.1) is 0 Å². The second-order valence-corrected chi connectivity index (χ2v) is 3.55. The fourth-order valence-electron chi connectivity index (χ4n) is 1.67. The summed E-state index contributed by atoms with van der Waals surface area (Å²) in [5, 5.41) is 9.71. The summed E-state index contributed by atoms with van der Waals surface area (Å²) in [6.07, 6.45) is 0. The summed E-state index contributed by atoms with van der Waals surface area (Å²) in [5.41, 5.74) is 6.82. The van der Waals surface area contributed by atoms with E-state index in [9.17, 15) is 4.79 Å². The number of carboxylic acids is 1. The molecule has 0 bridgehead atoms. The van der Waals surface area contributed by atoms with Crippen LogP contribution in [-0.2, 0) is 6.54 Å². The van der Waals surface area contributed by atoms with Crippen molar-refractivity contribution in [2.75, 3.05) is 7.11 Å². The highest BCUT2D eigenvalue weighted by Crippen LogP contribution is 2.23. The molecule has 0 spiro atoms. The summed E-state index contributed by atoms with van der Waals surface area (Å²) in [7, 11) is 1.55. The number of hydrogen-bond acceptors (Lipinski definition) is 4. The highest BCUT2D eigenvalue weighted by Gasteiger charge is 2.11. The van der Waals surface area contributed by atoms with Crippen LogP contribution >= 0.6 is 0 Å². The standard InChI is InChI=1S/C12H12N2O3/c1-17-8-2-3-9-10(12(15)16)4-7(6-13)14-11(9)5-8/h2-5H,6,13H2,1H3,(H,15,16). The molecule has 0 saturated heterocycles. The zero-order valence-electron chi connectivity index (χ0n) is 9.30. The summed E-state index contributed by atoms with van der Waals surface area (Å²) < 4.78 is 5.08. The summed E-state index contributed by atoms with van der Waals surface area (Å²) in [4.78, 5) is 15.4. The summed E-state index contributed by atoms with van der Waals surface area (Å²) in [5.74, 6) is -0.354. The van der Waals surface area contributed by atoms with Crippen molar-refractivity contribution in [2.45, 2.75) is 6.54 Å². The maximum atomic E-state index is 11.1. The van der Waals surface area contributed by atoms with Crippen molar-refractivity contribution < 1.29 is 14.6 Å². The molecule has 1 aromatic heterocycles. The second kappa shape index (κ2) is 4.39. The molecule has 0 aliphatic rings. The Bertz CT molecular complexity index is 576. The van der Waals surface area contributed by atoms with Crippen LogP contribution in [0.3, 0.4) is 0 Å². The highest BCUT2D eigenvalue weighted by atomic mass is 16.5. The molecule has 0 aliphatic heterocycles. The minimum absolute atomic E-state index is 0.202. The molecule has 3 N–H and O–H groups in total. The molecule has 17 heavy (non-hydrogen) atoms. The Kier molecular flexibility index (Phi) is 2.93. The van der Waals surface area contributed by atoms with Crippen molar-refractivity contribution in [3.05, 3.63) is 35.5 Å². The molecule has 5 heteroatoms. The Morgan fingerprint density at radius 1 is 1.47 bits per heavy atom. The lowest BCUT2D eigenvalue weighted by molar-refractivity contribution is 0.0699. The summed E-state index contributed by atoms with van der Waals surface area (Å²) >= 11 is 0. The Labute approximate surface area is 97.8 Å². The van der Waals surface area contributed by atoms with Crippen LogP contribution in [-0.4, -0.2) is 23.2 Å². The van der Waals surface area contributed by atoms with E-state index in [0.29, 0.717) is 22.3 Å². The lowest BCUT2D eigenvalue weighted by atomic mass is 10.1. The molecule has 1 heterocycles. The average Bonchev–Trinajstić information content (AvgIpc) is 2.36. The minimum Gasteiger partial charge on any atom is -0.497 e. The first-order valence-corrected chi connectivity index (χ1v) is 5.06. The third kappa shape index (κ3) is 2.05. The first-order chi connectivity index (χ1) is 8.15. The van der Waals surface area contributed by atoms with Gasteiger partial charge in [0.1, 0.15) is 5.75 Å². The van der Waals surface area contributed by atoms with Crippen LogP contribution in [0.25, 0.3) is 10.9 Å². The number of carbonyl (C=O) groups is 1. The fourth-order valence-corrected chi connectivity index (χ4v) is 1.67. The van der Waals surface area contributed by atoms with Gasteiger partial charge in [-0.05, 0) is 18.2 Å².